The number of methoxy groups -OCH3 is 1. The molecule has 1 fully saturated rings. The fourth-order valence-corrected chi connectivity index (χ4v) is 4.76. The summed E-state index contributed by atoms with van der Waals surface area (Å²) in [6.07, 6.45) is 12.4. The molecule has 2 aromatic rings. The summed E-state index contributed by atoms with van der Waals surface area (Å²) in [5, 5.41) is 6.84. The molecule has 1 aromatic carbocycles. The monoisotopic (exact) mass is 509 g/mol. The minimum absolute atomic E-state index is 0.189. The molecule has 2 N–H and O–H groups in total. The van der Waals surface area contributed by atoms with Crippen LogP contribution in [0.1, 0.15) is 62.2 Å². The van der Waals surface area contributed by atoms with Gasteiger partial charge in [-0.05, 0) is 56.7 Å². The first kappa shape index (κ1) is 26.5. The highest BCUT2D eigenvalue weighted by Gasteiger charge is 2.22. The number of aromatic nitrogens is 3. The van der Waals surface area contributed by atoms with Gasteiger partial charge in [-0.1, -0.05) is 25.7 Å². The lowest BCUT2D eigenvalue weighted by Crippen LogP contribution is -2.37. The highest BCUT2D eigenvalue weighted by atomic mass is 16.5. The largest absolute Gasteiger partial charge is 0.496 e. The SMILES string of the molecule is CCOC(=O)c1cc(Nc2nc(NC3CCCCCC3)nc(N(C)C3C=CN(C)CC3)n2)ccc1OC. The minimum atomic E-state index is -0.441. The van der Waals surface area contributed by atoms with Crippen LogP contribution in [0.3, 0.4) is 0 Å². The predicted molar refractivity (Wildman–Crippen MR) is 146 cm³/mol. The Kier molecular flexibility index (Phi) is 9.03. The minimum Gasteiger partial charge on any atom is -0.496 e. The summed E-state index contributed by atoms with van der Waals surface area (Å²) in [7, 11) is 5.62. The fourth-order valence-electron chi connectivity index (χ4n) is 4.76. The number of esters is 1. The maximum Gasteiger partial charge on any atom is 0.341 e. The second-order valence-electron chi connectivity index (χ2n) is 9.67. The van der Waals surface area contributed by atoms with Crippen LogP contribution >= 0.6 is 0 Å². The second-order valence-corrected chi connectivity index (χ2v) is 9.67. The molecule has 0 spiro atoms. The predicted octanol–water partition coefficient (Wildman–Crippen LogP) is 4.59. The molecule has 2 heterocycles. The molecule has 0 amide bonds. The average molecular weight is 510 g/mol. The van der Waals surface area contributed by atoms with Gasteiger partial charge in [-0.2, -0.15) is 15.0 Å². The van der Waals surface area contributed by atoms with Gasteiger partial charge in [-0.25, -0.2) is 4.79 Å². The van der Waals surface area contributed by atoms with E-state index in [2.05, 4.69) is 39.8 Å². The number of ether oxygens (including phenoxy) is 2. The van der Waals surface area contributed by atoms with Crippen LogP contribution in [-0.4, -0.2) is 72.3 Å². The van der Waals surface area contributed by atoms with Crippen molar-refractivity contribution in [3.63, 3.8) is 0 Å². The number of carbonyl (C=O) groups is 1. The third kappa shape index (κ3) is 7.02. The van der Waals surface area contributed by atoms with Crippen molar-refractivity contribution in [2.24, 2.45) is 0 Å². The molecule has 2 aliphatic rings. The summed E-state index contributed by atoms with van der Waals surface area (Å²) in [6, 6.07) is 5.79. The molecule has 1 aliphatic heterocycles. The summed E-state index contributed by atoms with van der Waals surface area (Å²) < 4.78 is 10.6. The molecule has 10 nitrogen and oxygen atoms in total. The van der Waals surface area contributed by atoms with E-state index in [1.807, 2.05) is 13.1 Å². The Bertz CT molecular complexity index is 1090. The van der Waals surface area contributed by atoms with E-state index in [4.69, 9.17) is 24.4 Å². The van der Waals surface area contributed by atoms with Crippen molar-refractivity contribution in [2.45, 2.75) is 64.0 Å². The van der Waals surface area contributed by atoms with Gasteiger partial charge in [0.05, 0.1) is 19.8 Å². The van der Waals surface area contributed by atoms with Gasteiger partial charge in [-0.3, -0.25) is 0 Å². The Morgan fingerprint density at radius 1 is 1.11 bits per heavy atom. The average Bonchev–Trinajstić information content (AvgIpc) is 3.17. The Morgan fingerprint density at radius 3 is 2.54 bits per heavy atom. The van der Waals surface area contributed by atoms with Gasteiger partial charge in [0, 0.05) is 32.4 Å². The number of nitrogens with zero attached hydrogens (tertiary/aromatic N) is 5. The summed E-state index contributed by atoms with van der Waals surface area (Å²) in [6.45, 7) is 3.03. The van der Waals surface area contributed by atoms with Gasteiger partial charge >= 0.3 is 5.97 Å². The van der Waals surface area contributed by atoms with Crippen LogP contribution in [0.5, 0.6) is 5.75 Å². The van der Waals surface area contributed by atoms with Crippen molar-refractivity contribution in [3.8, 4) is 5.75 Å². The number of hydrogen-bond donors (Lipinski definition) is 2. The normalized spacial score (nSPS) is 18.2. The Balaban J connectivity index is 1.63. The fraction of sp³-hybridized carbons (Fsp3) is 0.556. The number of hydrogen-bond acceptors (Lipinski definition) is 10. The topological polar surface area (TPSA) is 105 Å². The van der Waals surface area contributed by atoms with Gasteiger partial charge < -0.3 is 29.9 Å². The summed E-state index contributed by atoms with van der Waals surface area (Å²) in [5.74, 6) is 1.56. The van der Waals surface area contributed by atoms with Crippen LogP contribution in [-0.2, 0) is 4.74 Å². The smallest absolute Gasteiger partial charge is 0.341 e. The molecule has 1 aromatic heterocycles. The molecule has 1 unspecified atom stereocenters. The van der Waals surface area contributed by atoms with E-state index in [0.717, 1.165) is 25.8 Å². The van der Waals surface area contributed by atoms with Crippen molar-refractivity contribution in [1.82, 2.24) is 19.9 Å². The third-order valence-electron chi connectivity index (χ3n) is 6.92. The van der Waals surface area contributed by atoms with Gasteiger partial charge in [-0.15, -0.1) is 0 Å². The zero-order chi connectivity index (χ0) is 26.2. The molecule has 1 saturated carbocycles. The highest BCUT2D eigenvalue weighted by Crippen LogP contribution is 2.27. The van der Waals surface area contributed by atoms with Crippen LogP contribution < -0.4 is 20.3 Å². The van der Waals surface area contributed by atoms with Crippen LogP contribution in [0.4, 0.5) is 23.5 Å². The van der Waals surface area contributed by atoms with E-state index >= 15 is 0 Å². The van der Waals surface area contributed by atoms with E-state index < -0.39 is 5.97 Å². The van der Waals surface area contributed by atoms with E-state index in [1.165, 1.54) is 32.8 Å². The summed E-state index contributed by atoms with van der Waals surface area (Å²) in [5.41, 5.74) is 0.997. The first-order chi connectivity index (χ1) is 18.0. The lowest BCUT2D eigenvalue weighted by molar-refractivity contribution is 0.0522. The highest BCUT2D eigenvalue weighted by molar-refractivity contribution is 5.94. The van der Waals surface area contributed by atoms with E-state index in [0.29, 0.717) is 40.9 Å². The summed E-state index contributed by atoms with van der Waals surface area (Å²) >= 11 is 0. The van der Waals surface area contributed by atoms with Gasteiger partial charge in [0.25, 0.3) is 0 Å². The van der Waals surface area contributed by atoms with Gasteiger partial charge in [0.1, 0.15) is 11.3 Å². The van der Waals surface area contributed by atoms with E-state index in [1.54, 1.807) is 19.1 Å². The van der Waals surface area contributed by atoms with Gasteiger partial charge in [0.2, 0.25) is 17.8 Å². The van der Waals surface area contributed by atoms with Crippen LogP contribution in [0.25, 0.3) is 0 Å². The lowest BCUT2D eigenvalue weighted by atomic mass is 10.1. The third-order valence-corrected chi connectivity index (χ3v) is 6.92. The summed E-state index contributed by atoms with van der Waals surface area (Å²) in [4.78, 5) is 31.0. The number of anilines is 4. The molecule has 0 saturated heterocycles. The molecular formula is C27H39N7O3. The molecule has 37 heavy (non-hydrogen) atoms. The van der Waals surface area contributed by atoms with Crippen molar-refractivity contribution in [2.75, 3.05) is 49.9 Å². The van der Waals surface area contributed by atoms with E-state index in [-0.39, 0.29) is 12.6 Å². The zero-order valence-corrected chi connectivity index (χ0v) is 22.4. The van der Waals surface area contributed by atoms with Crippen LogP contribution in [0.2, 0.25) is 0 Å². The van der Waals surface area contributed by atoms with Crippen molar-refractivity contribution in [3.05, 3.63) is 36.0 Å². The number of nitrogens with one attached hydrogen (secondary N) is 2. The zero-order valence-electron chi connectivity index (χ0n) is 22.4. The van der Waals surface area contributed by atoms with Crippen molar-refractivity contribution < 1.29 is 14.3 Å². The molecule has 1 atom stereocenters. The van der Waals surface area contributed by atoms with Crippen molar-refractivity contribution >= 4 is 29.5 Å². The molecule has 0 radical (unpaired) electrons. The first-order valence-corrected chi connectivity index (χ1v) is 13.2. The number of likely N-dealkylation sites (N-methyl/N-ethyl adjacent to an activating group) is 1. The first-order valence-electron chi connectivity index (χ1n) is 13.2. The van der Waals surface area contributed by atoms with Crippen molar-refractivity contribution in [1.29, 1.82) is 0 Å². The van der Waals surface area contributed by atoms with Crippen LogP contribution in [0.15, 0.2) is 30.5 Å². The number of benzene rings is 1. The molecule has 0 bridgehead atoms. The number of carbonyl (C=O) groups excluding carboxylic acids is 1. The molecule has 4 rings (SSSR count). The second kappa shape index (κ2) is 12.6. The lowest BCUT2D eigenvalue weighted by Gasteiger charge is -2.31. The maximum atomic E-state index is 12.5. The Labute approximate surface area is 219 Å². The molecule has 1 aliphatic carbocycles. The van der Waals surface area contributed by atoms with Crippen LogP contribution in [0, 0.1) is 0 Å². The van der Waals surface area contributed by atoms with Gasteiger partial charge in [0.15, 0.2) is 0 Å². The molecular weight excluding hydrogens is 470 g/mol. The Hall–Kier alpha value is -3.56. The molecule has 200 valence electrons. The Morgan fingerprint density at radius 2 is 1.86 bits per heavy atom. The number of rotatable bonds is 9. The molecule has 10 heteroatoms. The van der Waals surface area contributed by atoms with E-state index in [9.17, 15) is 4.79 Å². The maximum absolute atomic E-state index is 12.5. The quantitative estimate of drug-likeness (QED) is 0.368. The standard InChI is InChI=1S/C27H39N7O3/c1-5-37-24(35)22-18-20(12-13-23(22)36-4)29-26-30-25(28-19-10-8-6-7-9-11-19)31-27(32-26)34(3)21-14-16-33(2)17-15-21/h12-14,16,18-19,21H,5-11,15,17H2,1-4H3,(H2,28,29,30,31,32).